The lowest BCUT2D eigenvalue weighted by molar-refractivity contribution is -0.118. The zero-order valence-corrected chi connectivity index (χ0v) is 10.9. The number of halogens is 1. The van der Waals surface area contributed by atoms with Crippen LogP contribution >= 0.6 is 15.9 Å². The van der Waals surface area contributed by atoms with Crippen LogP contribution in [0.5, 0.6) is 0 Å². The molecule has 0 aromatic carbocycles. The van der Waals surface area contributed by atoms with Gasteiger partial charge in [-0.1, -0.05) is 0 Å². The minimum absolute atomic E-state index is 0.225. The summed E-state index contributed by atoms with van der Waals surface area (Å²) < 4.78 is 0.662. The maximum absolute atomic E-state index is 11.7. The lowest BCUT2D eigenvalue weighted by atomic mass is 10.2. The van der Waals surface area contributed by atoms with Crippen molar-refractivity contribution < 1.29 is 9.59 Å². The predicted octanol–water partition coefficient (Wildman–Crippen LogP) is 1.23. The molecule has 0 saturated carbocycles. The number of carbonyl (C=O) groups excluding carboxylic acids is 2. The molecule has 0 bridgehead atoms. The van der Waals surface area contributed by atoms with Crippen molar-refractivity contribution in [2.75, 3.05) is 6.54 Å². The van der Waals surface area contributed by atoms with Crippen LogP contribution in [0.2, 0.25) is 0 Å². The van der Waals surface area contributed by atoms with E-state index < -0.39 is 0 Å². The number of hydrogen-bond acceptors (Lipinski definition) is 3. The van der Waals surface area contributed by atoms with E-state index in [0.29, 0.717) is 29.6 Å². The molecular weight excluding hydrogens is 286 g/mol. The van der Waals surface area contributed by atoms with Gasteiger partial charge >= 0.3 is 0 Å². The van der Waals surface area contributed by atoms with Crippen molar-refractivity contribution in [3.63, 3.8) is 0 Å². The molecule has 92 valence electrons. The molecule has 0 atom stereocenters. The molecule has 0 saturated heterocycles. The first-order valence-electron chi connectivity index (χ1n) is 5.28. The van der Waals surface area contributed by atoms with Crippen LogP contribution < -0.4 is 11.1 Å². The number of carbonyl (C=O) groups is 2. The second-order valence-corrected chi connectivity index (χ2v) is 4.37. The number of hydrogen-bond donors (Lipinski definition) is 2. The lowest BCUT2D eigenvalue weighted by Crippen LogP contribution is -2.26. The van der Waals surface area contributed by atoms with E-state index >= 15 is 0 Å². The average Bonchev–Trinajstić information content (AvgIpc) is 2.28. The monoisotopic (exact) mass is 299 g/mol. The summed E-state index contributed by atoms with van der Waals surface area (Å²) in [5, 5.41) is 2.73. The van der Waals surface area contributed by atoms with Gasteiger partial charge in [-0.15, -0.1) is 0 Å². The van der Waals surface area contributed by atoms with E-state index in [0.717, 1.165) is 6.42 Å². The maximum Gasteiger partial charge on any atom is 0.271 e. The summed E-state index contributed by atoms with van der Waals surface area (Å²) in [6.45, 7) is 0.509. The third-order valence-electron chi connectivity index (χ3n) is 2.11. The predicted molar refractivity (Wildman–Crippen MR) is 67.3 cm³/mol. The summed E-state index contributed by atoms with van der Waals surface area (Å²) in [7, 11) is 0. The molecule has 5 nitrogen and oxygen atoms in total. The van der Waals surface area contributed by atoms with Crippen LogP contribution in [0.1, 0.15) is 29.8 Å². The molecule has 3 N–H and O–H groups in total. The van der Waals surface area contributed by atoms with Crippen molar-refractivity contribution in [1.29, 1.82) is 0 Å². The average molecular weight is 300 g/mol. The SMILES string of the molecule is NC(=O)CCCCNC(=O)c1ncccc1Br. The van der Waals surface area contributed by atoms with E-state index in [1.807, 2.05) is 0 Å². The zero-order valence-electron chi connectivity index (χ0n) is 9.28. The van der Waals surface area contributed by atoms with E-state index in [9.17, 15) is 9.59 Å². The van der Waals surface area contributed by atoms with Crippen LogP contribution in [0.25, 0.3) is 0 Å². The number of rotatable bonds is 6. The van der Waals surface area contributed by atoms with Crippen molar-refractivity contribution in [3.05, 3.63) is 28.5 Å². The Morgan fingerprint density at radius 3 is 2.82 bits per heavy atom. The Labute approximate surface area is 108 Å². The number of pyridine rings is 1. The Morgan fingerprint density at radius 1 is 1.41 bits per heavy atom. The molecule has 0 aliphatic heterocycles. The van der Waals surface area contributed by atoms with Gasteiger partial charge in [0.2, 0.25) is 5.91 Å². The number of unbranched alkanes of at least 4 members (excludes halogenated alkanes) is 1. The van der Waals surface area contributed by atoms with Crippen LogP contribution in [0.15, 0.2) is 22.8 Å². The topological polar surface area (TPSA) is 85.1 Å². The second kappa shape index (κ2) is 7.01. The van der Waals surface area contributed by atoms with Gasteiger partial charge in [-0.3, -0.25) is 9.59 Å². The Kier molecular flexibility index (Phi) is 5.62. The maximum atomic E-state index is 11.7. The van der Waals surface area contributed by atoms with Crippen molar-refractivity contribution >= 4 is 27.7 Å². The highest BCUT2D eigenvalue weighted by molar-refractivity contribution is 9.10. The molecule has 0 spiro atoms. The molecule has 0 radical (unpaired) electrons. The van der Waals surface area contributed by atoms with E-state index in [4.69, 9.17) is 5.73 Å². The Morgan fingerprint density at radius 2 is 2.18 bits per heavy atom. The Hall–Kier alpha value is -1.43. The van der Waals surface area contributed by atoms with Crippen LogP contribution in [-0.4, -0.2) is 23.3 Å². The zero-order chi connectivity index (χ0) is 12.7. The van der Waals surface area contributed by atoms with Crippen LogP contribution in [0.4, 0.5) is 0 Å². The first-order chi connectivity index (χ1) is 8.11. The van der Waals surface area contributed by atoms with Gasteiger partial charge in [0.15, 0.2) is 0 Å². The number of primary amides is 1. The normalized spacial score (nSPS) is 9.94. The van der Waals surface area contributed by atoms with Gasteiger partial charge in [0.25, 0.3) is 5.91 Å². The third kappa shape index (κ3) is 4.95. The summed E-state index contributed by atoms with van der Waals surface area (Å²) in [5.41, 5.74) is 5.37. The fraction of sp³-hybridized carbons (Fsp3) is 0.364. The number of aromatic nitrogens is 1. The fourth-order valence-electron chi connectivity index (χ4n) is 1.26. The van der Waals surface area contributed by atoms with Gasteiger partial charge in [0.1, 0.15) is 5.69 Å². The highest BCUT2D eigenvalue weighted by atomic mass is 79.9. The van der Waals surface area contributed by atoms with Crippen molar-refractivity contribution in [2.24, 2.45) is 5.73 Å². The minimum Gasteiger partial charge on any atom is -0.370 e. The van der Waals surface area contributed by atoms with Gasteiger partial charge in [0, 0.05) is 23.6 Å². The first kappa shape index (κ1) is 13.6. The second-order valence-electron chi connectivity index (χ2n) is 3.51. The van der Waals surface area contributed by atoms with Crippen molar-refractivity contribution in [1.82, 2.24) is 10.3 Å². The fourth-order valence-corrected chi connectivity index (χ4v) is 1.70. The number of amides is 2. The van der Waals surface area contributed by atoms with Crippen molar-refractivity contribution in [2.45, 2.75) is 19.3 Å². The first-order valence-corrected chi connectivity index (χ1v) is 6.07. The third-order valence-corrected chi connectivity index (χ3v) is 2.75. The molecule has 1 heterocycles. The molecule has 1 rings (SSSR count). The molecule has 0 unspecified atom stereocenters. The highest BCUT2D eigenvalue weighted by Crippen LogP contribution is 2.12. The van der Waals surface area contributed by atoms with Crippen molar-refractivity contribution in [3.8, 4) is 0 Å². The molecule has 1 aromatic heterocycles. The summed E-state index contributed by atoms with van der Waals surface area (Å²) >= 11 is 3.25. The van der Waals surface area contributed by atoms with Gasteiger partial charge < -0.3 is 11.1 Å². The lowest BCUT2D eigenvalue weighted by Gasteiger charge is -2.05. The summed E-state index contributed by atoms with van der Waals surface area (Å²) in [6, 6.07) is 3.50. The Balaban J connectivity index is 2.31. The molecular formula is C11H14BrN3O2. The summed E-state index contributed by atoms with van der Waals surface area (Å²) in [5.74, 6) is -0.541. The van der Waals surface area contributed by atoms with Gasteiger partial charge in [-0.2, -0.15) is 0 Å². The summed E-state index contributed by atoms with van der Waals surface area (Å²) in [6.07, 6.45) is 3.31. The smallest absolute Gasteiger partial charge is 0.271 e. The van der Waals surface area contributed by atoms with Crippen LogP contribution in [0, 0.1) is 0 Å². The molecule has 17 heavy (non-hydrogen) atoms. The number of nitrogens with one attached hydrogen (secondary N) is 1. The van der Waals surface area contributed by atoms with E-state index in [-0.39, 0.29) is 11.8 Å². The quantitative estimate of drug-likeness (QED) is 0.775. The van der Waals surface area contributed by atoms with Crippen LogP contribution in [0.3, 0.4) is 0 Å². The van der Waals surface area contributed by atoms with E-state index in [1.165, 1.54) is 0 Å². The van der Waals surface area contributed by atoms with Gasteiger partial charge in [-0.05, 0) is 40.9 Å². The standard InChI is InChI=1S/C11H14BrN3O2/c12-8-4-3-7-14-10(8)11(17)15-6-2-1-5-9(13)16/h3-4,7H,1-2,5-6H2,(H2,13,16)(H,15,17). The largest absolute Gasteiger partial charge is 0.370 e. The number of nitrogens with zero attached hydrogens (tertiary/aromatic N) is 1. The Bertz CT molecular complexity index is 409. The molecule has 0 aliphatic rings. The number of nitrogens with two attached hydrogens (primary N) is 1. The molecule has 2 amide bonds. The van der Waals surface area contributed by atoms with Gasteiger partial charge in [0.05, 0.1) is 0 Å². The molecule has 1 aromatic rings. The van der Waals surface area contributed by atoms with E-state index in [2.05, 4.69) is 26.2 Å². The molecule has 0 fully saturated rings. The van der Waals surface area contributed by atoms with Gasteiger partial charge in [-0.25, -0.2) is 4.98 Å². The van der Waals surface area contributed by atoms with E-state index in [1.54, 1.807) is 18.3 Å². The minimum atomic E-state index is -0.316. The summed E-state index contributed by atoms with van der Waals surface area (Å²) in [4.78, 5) is 26.1. The molecule has 0 aliphatic carbocycles. The highest BCUT2D eigenvalue weighted by Gasteiger charge is 2.09. The van der Waals surface area contributed by atoms with Crippen LogP contribution in [-0.2, 0) is 4.79 Å². The molecule has 6 heteroatoms.